The summed E-state index contributed by atoms with van der Waals surface area (Å²) in [6.07, 6.45) is 0. The van der Waals surface area contributed by atoms with Crippen LogP contribution >= 0.6 is 23.8 Å². The van der Waals surface area contributed by atoms with E-state index in [1.807, 2.05) is 0 Å². The van der Waals surface area contributed by atoms with E-state index >= 15 is 0 Å². The molecule has 0 bridgehead atoms. The van der Waals surface area contributed by atoms with Gasteiger partial charge in [0, 0.05) is 20.4 Å². The van der Waals surface area contributed by atoms with E-state index < -0.39 is 159 Å². The zero-order chi connectivity index (χ0) is 69.1. The summed E-state index contributed by atoms with van der Waals surface area (Å²) in [6, 6.07) is 44.5. The first-order valence-corrected chi connectivity index (χ1v) is 41.4. The van der Waals surface area contributed by atoms with Crippen molar-refractivity contribution in [3.05, 3.63) is 218 Å². The van der Waals surface area contributed by atoms with Crippen molar-refractivity contribution in [2.75, 3.05) is 0 Å². The fourth-order valence-corrected chi connectivity index (χ4v) is 21.0. The fourth-order valence-electron chi connectivity index (χ4n) is 8.34. The van der Waals surface area contributed by atoms with Crippen LogP contribution in [0.1, 0.15) is 0 Å². The second-order valence-electron chi connectivity index (χ2n) is 18.6. The molecule has 0 unspecified atom stereocenters. The molecule has 502 valence electrons. The molecule has 0 fully saturated rings. The molecule has 0 aliphatic heterocycles. The van der Waals surface area contributed by atoms with Crippen molar-refractivity contribution in [2.45, 2.75) is 44.1 Å². The Labute approximate surface area is 813 Å². The summed E-state index contributed by atoms with van der Waals surface area (Å²) in [4.78, 5) is -4.89. The minimum Gasteiger partial charge on any atom is -0.744 e. The van der Waals surface area contributed by atoms with Crippen LogP contribution in [0.3, 0.4) is 0 Å². The summed E-state index contributed by atoms with van der Waals surface area (Å²) in [5.74, 6) is 0. The van der Waals surface area contributed by atoms with Crippen LogP contribution in [0.2, 0.25) is 0 Å². The van der Waals surface area contributed by atoms with Gasteiger partial charge in [-0.05, 0) is 181 Å². The van der Waals surface area contributed by atoms with Crippen LogP contribution < -0.4 is 314 Å². The Balaban J connectivity index is -0.000000681. The van der Waals surface area contributed by atoms with Gasteiger partial charge < -0.3 is 41.0 Å². The van der Waals surface area contributed by atoms with Gasteiger partial charge in [-0.1, -0.05) is 109 Å². The standard InChI is InChI=1S/3C18H15O9PS3.9Na.Pd/c3*19-29(20,21)16-7-1-4-13(10-16)28(14-5-2-8-17(11-14)30(22,23)24)15-6-3-9-18(12-15)31(25,26)27;;;;;;;;;;/h3*1-12H,(H,19,20,21)(H,22,23,24)(H,25,26,27);;;;;;;;;;/q;;;9*+1;/p-9. The number of hydrogen-bond acceptors (Lipinski definition) is 27. The maximum absolute atomic E-state index is 11.5. The molecule has 0 saturated heterocycles. The van der Waals surface area contributed by atoms with E-state index in [0.29, 0.717) is 0 Å². The third-order valence-electron chi connectivity index (χ3n) is 12.3. The summed E-state index contributed by atoms with van der Waals surface area (Å²) in [7, 11) is -48.9. The summed E-state index contributed by atoms with van der Waals surface area (Å²) in [5, 5.41) is 2.32. The molecule has 49 heteroatoms. The van der Waals surface area contributed by atoms with E-state index in [2.05, 4.69) is 0 Å². The van der Waals surface area contributed by atoms with Crippen molar-refractivity contribution >= 4 is 163 Å². The monoisotopic (exact) mass is 1810 g/mol. The van der Waals surface area contributed by atoms with Crippen molar-refractivity contribution in [1.29, 1.82) is 0 Å². The average Bonchev–Trinajstić information content (AvgIpc) is 0.793. The van der Waals surface area contributed by atoms with Crippen LogP contribution in [-0.2, 0) is 111 Å². The third-order valence-corrected chi connectivity index (χ3v) is 26.9. The molecule has 27 nitrogen and oxygen atoms in total. The maximum Gasteiger partial charge on any atom is 1.00 e. The molecule has 0 N–H and O–H groups in total. The summed E-state index contributed by atoms with van der Waals surface area (Å²) >= 11 is 0. The molecule has 9 rings (SSSR count). The van der Waals surface area contributed by atoms with Gasteiger partial charge in [0.15, 0.2) is 0 Å². The van der Waals surface area contributed by atoms with Gasteiger partial charge in [0.05, 0.1) is 44.1 Å². The van der Waals surface area contributed by atoms with Crippen LogP contribution in [0.15, 0.2) is 262 Å². The van der Waals surface area contributed by atoms with Crippen LogP contribution in [0, 0.1) is 0 Å². The normalized spacial score (nSPS) is 11.5. The van der Waals surface area contributed by atoms with Crippen molar-refractivity contribution in [3.8, 4) is 0 Å². The van der Waals surface area contributed by atoms with E-state index in [4.69, 9.17) is 0 Å². The van der Waals surface area contributed by atoms with Gasteiger partial charge in [0.25, 0.3) is 0 Å². The molecule has 0 aromatic heterocycles. The zero-order valence-electron chi connectivity index (χ0n) is 55.1. The predicted octanol–water partition coefficient (Wildman–Crippen LogP) is -26.5. The Morgan fingerprint density at radius 3 is 0.311 bits per heavy atom. The Bertz CT molecular complexity index is 4450. The Kier molecular flexibility index (Phi) is 51.0. The van der Waals surface area contributed by atoms with Gasteiger partial charge >= 0.3 is 266 Å². The molecular weight excluding hydrogens is 1780 g/mol. The van der Waals surface area contributed by atoms with Crippen molar-refractivity contribution in [2.24, 2.45) is 0 Å². The molecular formula is C54H36Na9O27P3PdS9. The first kappa shape index (κ1) is 112. The first-order valence-electron chi connectivity index (χ1n) is 24.7. The number of benzene rings is 9. The topological polar surface area (TPSA) is 515 Å². The van der Waals surface area contributed by atoms with E-state index in [1.165, 1.54) is 109 Å². The van der Waals surface area contributed by atoms with E-state index in [0.717, 1.165) is 109 Å². The number of rotatable bonds is 18. The molecule has 0 saturated carbocycles. The second kappa shape index (κ2) is 46.8. The van der Waals surface area contributed by atoms with Gasteiger partial charge in [-0.3, -0.25) is 0 Å². The van der Waals surface area contributed by atoms with Crippen molar-refractivity contribution in [1.82, 2.24) is 0 Å². The third kappa shape index (κ3) is 33.3. The molecule has 0 heterocycles. The summed E-state index contributed by atoms with van der Waals surface area (Å²) in [6.45, 7) is 0. The molecule has 0 spiro atoms. The Morgan fingerprint density at radius 1 is 0.165 bits per heavy atom. The summed E-state index contributed by atoms with van der Waals surface area (Å²) < 4.78 is 309. The average molecular weight is 1810 g/mol. The van der Waals surface area contributed by atoms with Crippen LogP contribution in [0.25, 0.3) is 0 Å². The first-order chi connectivity index (χ1) is 42.8. The van der Waals surface area contributed by atoms with Gasteiger partial charge in [0.2, 0.25) is 0 Å². The fraction of sp³-hybridized carbons (Fsp3) is 0. The zero-order valence-corrected chi connectivity index (χ0v) is 84.7. The number of hydrogen-bond donors (Lipinski definition) is 0. The van der Waals surface area contributed by atoms with Gasteiger partial charge in [0.1, 0.15) is 91.1 Å². The molecule has 0 atom stereocenters. The van der Waals surface area contributed by atoms with Gasteiger partial charge in [-0.2, -0.15) is 0 Å². The molecule has 0 radical (unpaired) electrons. The minimum absolute atomic E-state index is 0. The van der Waals surface area contributed by atoms with Gasteiger partial charge in [-0.25, -0.2) is 75.8 Å². The molecule has 103 heavy (non-hydrogen) atoms. The molecule has 9 aromatic rings. The Hall–Kier alpha value is 3.12. The smallest absolute Gasteiger partial charge is 0.744 e. The molecule has 9 aromatic carbocycles. The van der Waals surface area contributed by atoms with E-state index in [1.54, 1.807) is 0 Å². The SMILES string of the molecule is O=S(=O)([O-])c1cccc(P(c2cccc(S(=O)(=O)[O-])c2)c2cccc(S(=O)(=O)[O-])c2)c1.O=S(=O)([O-])c1cccc(P(c2cccc(S(=O)(=O)[O-])c2)c2cccc(S(=O)(=O)[O-])c2)c1.O=S(=O)([O-])c1cccc(P(c2cccc(S(=O)(=O)[O-])c2)c2cccc(S(=O)(=O)[O-])c2)c1.[Na+].[Na+].[Na+].[Na+].[Na+].[Na+].[Na+].[Na+].[Na+].[Pd]. The van der Waals surface area contributed by atoms with Crippen molar-refractivity contribution < 1.29 is 403 Å². The molecule has 0 aliphatic carbocycles. The quantitative estimate of drug-likeness (QED) is 0.0437. The van der Waals surface area contributed by atoms with Crippen molar-refractivity contribution in [3.63, 3.8) is 0 Å². The van der Waals surface area contributed by atoms with E-state index in [-0.39, 0.29) is 334 Å². The molecule has 0 amide bonds. The van der Waals surface area contributed by atoms with E-state index in [9.17, 15) is 117 Å². The largest absolute Gasteiger partial charge is 1.00 e. The van der Waals surface area contributed by atoms with Crippen LogP contribution in [-0.4, -0.2) is 117 Å². The van der Waals surface area contributed by atoms with Gasteiger partial charge in [-0.15, -0.1) is 0 Å². The summed E-state index contributed by atoms with van der Waals surface area (Å²) in [5.41, 5.74) is 0. The predicted molar refractivity (Wildman–Crippen MR) is 327 cm³/mol. The van der Waals surface area contributed by atoms with Crippen LogP contribution in [0.5, 0.6) is 0 Å². The molecule has 0 aliphatic rings. The minimum atomic E-state index is -4.82. The maximum atomic E-state index is 11.5. The second-order valence-corrected chi connectivity index (χ2v) is 37.6. The Morgan fingerprint density at radius 2 is 0.243 bits per heavy atom. The van der Waals surface area contributed by atoms with Crippen LogP contribution in [0.4, 0.5) is 0 Å².